The van der Waals surface area contributed by atoms with Gasteiger partial charge in [-0.05, 0) is 34.2 Å². The first kappa shape index (κ1) is 23.0. The van der Waals surface area contributed by atoms with Gasteiger partial charge < -0.3 is 10.6 Å². The van der Waals surface area contributed by atoms with Crippen LogP contribution >= 0.6 is 12.6 Å². The Bertz CT molecular complexity index is 943. The van der Waals surface area contributed by atoms with Crippen LogP contribution in [0.25, 0.3) is 22.5 Å². The van der Waals surface area contributed by atoms with Crippen LogP contribution in [0.4, 0.5) is 0 Å². The summed E-state index contributed by atoms with van der Waals surface area (Å²) in [6.07, 6.45) is 0.866. The van der Waals surface area contributed by atoms with Gasteiger partial charge in [-0.25, -0.2) is 0 Å². The normalized spacial score (nSPS) is 12.1. The summed E-state index contributed by atoms with van der Waals surface area (Å²) in [5, 5.41) is 20.8. The third kappa shape index (κ3) is 6.63. The number of rotatable bonds is 11. The van der Waals surface area contributed by atoms with Crippen LogP contribution in [0, 0.1) is 11.8 Å². The van der Waals surface area contributed by atoms with E-state index in [4.69, 9.17) is 0 Å². The molecule has 164 valence electrons. The number of benzene rings is 2. The van der Waals surface area contributed by atoms with Crippen molar-refractivity contribution in [3.63, 3.8) is 0 Å². The van der Waals surface area contributed by atoms with Gasteiger partial charge in [0.1, 0.15) is 0 Å². The summed E-state index contributed by atoms with van der Waals surface area (Å²) in [7, 11) is 0. The van der Waals surface area contributed by atoms with E-state index < -0.39 is 0 Å². The van der Waals surface area contributed by atoms with Crippen molar-refractivity contribution in [3.05, 3.63) is 54.1 Å². The summed E-state index contributed by atoms with van der Waals surface area (Å²) in [5.41, 5.74) is 4.28. The maximum Gasteiger partial charge on any atom is 0.223 e. The molecule has 0 bridgehead atoms. The Balaban J connectivity index is 1.48. The highest BCUT2D eigenvalue weighted by atomic mass is 32.1. The minimum atomic E-state index is -0.0220. The number of nitrogens with zero attached hydrogens (tertiary/aromatic N) is 3. The van der Waals surface area contributed by atoms with Crippen LogP contribution in [-0.2, 0) is 11.3 Å². The van der Waals surface area contributed by atoms with Crippen molar-refractivity contribution < 1.29 is 4.79 Å². The van der Waals surface area contributed by atoms with Crippen molar-refractivity contribution in [2.24, 2.45) is 11.8 Å². The van der Waals surface area contributed by atoms with E-state index in [1.165, 1.54) is 5.56 Å². The van der Waals surface area contributed by atoms with Crippen molar-refractivity contribution in [3.8, 4) is 22.5 Å². The number of tetrazole rings is 1. The van der Waals surface area contributed by atoms with E-state index in [0.29, 0.717) is 24.0 Å². The minimum absolute atomic E-state index is 0.0220. The molecule has 0 aliphatic heterocycles. The Morgan fingerprint density at radius 3 is 2.45 bits per heavy atom. The summed E-state index contributed by atoms with van der Waals surface area (Å²) < 4.78 is 0. The van der Waals surface area contributed by atoms with Gasteiger partial charge in [0.25, 0.3) is 0 Å². The van der Waals surface area contributed by atoms with E-state index in [1.54, 1.807) is 0 Å². The molecule has 2 aromatic carbocycles. The molecule has 1 heterocycles. The van der Waals surface area contributed by atoms with Crippen LogP contribution in [0.5, 0.6) is 0 Å². The molecular weight excluding hydrogens is 408 g/mol. The summed E-state index contributed by atoms with van der Waals surface area (Å²) in [6, 6.07) is 16.4. The van der Waals surface area contributed by atoms with E-state index in [2.05, 4.69) is 88.1 Å². The molecule has 3 rings (SSSR count). The zero-order valence-corrected chi connectivity index (χ0v) is 18.9. The Hall–Kier alpha value is -2.71. The van der Waals surface area contributed by atoms with Crippen LogP contribution in [0.1, 0.15) is 25.8 Å². The molecule has 8 heteroatoms. The molecular formula is C23H30N6OS. The number of aromatic amines is 1. The number of H-pyrrole nitrogens is 1. The number of hydrogen-bond donors (Lipinski definition) is 4. The van der Waals surface area contributed by atoms with E-state index in [9.17, 15) is 4.79 Å². The van der Waals surface area contributed by atoms with Crippen molar-refractivity contribution in [2.45, 2.75) is 26.8 Å². The molecule has 3 N–H and O–H groups in total. The predicted octanol–water partition coefficient (Wildman–Crippen LogP) is 3.33. The van der Waals surface area contributed by atoms with E-state index in [1.807, 2.05) is 18.2 Å². The first-order valence-corrected chi connectivity index (χ1v) is 11.2. The van der Waals surface area contributed by atoms with Crippen molar-refractivity contribution in [2.75, 3.05) is 18.8 Å². The van der Waals surface area contributed by atoms with Gasteiger partial charge in [-0.2, -0.15) is 17.8 Å². The summed E-state index contributed by atoms with van der Waals surface area (Å²) in [4.78, 5) is 12.2. The average Bonchev–Trinajstić information content (AvgIpc) is 3.32. The molecule has 0 radical (unpaired) electrons. The quantitative estimate of drug-likeness (QED) is 0.272. The summed E-state index contributed by atoms with van der Waals surface area (Å²) >= 11 is 4.31. The molecule has 1 aromatic heterocycles. The van der Waals surface area contributed by atoms with Crippen LogP contribution < -0.4 is 10.6 Å². The molecule has 1 amide bonds. The third-order valence-electron chi connectivity index (χ3n) is 5.06. The number of aromatic nitrogens is 4. The highest BCUT2D eigenvalue weighted by Gasteiger charge is 2.17. The van der Waals surface area contributed by atoms with Crippen molar-refractivity contribution in [1.29, 1.82) is 0 Å². The van der Waals surface area contributed by atoms with E-state index >= 15 is 0 Å². The van der Waals surface area contributed by atoms with Crippen LogP contribution in [-0.4, -0.2) is 45.4 Å². The lowest BCUT2D eigenvalue weighted by molar-refractivity contribution is -0.124. The summed E-state index contributed by atoms with van der Waals surface area (Å²) in [6.45, 7) is 6.32. The van der Waals surface area contributed by atoms with Crippen LogP contribution in [0.2, 0.25) is 0 Å². The first-order chi connectivity index (χ1) is 15.1. The smallest absolute Gasteiger partial charge is 0.223 e. The van der Waals surface area contributed by atoms with Gasteiger partial charge in [0.15, 0.2) is 0 Å². The lowest BCUT2D eigenvalue weighted by atomic mass is 9.98. The fraction of sp³-hybridized carbons (Fsp3) is 0.391. The van der Waals surface area contributed by atoms with E-state index in [0.717, 1.165) is 36.2 Å². The topological polar surface area (TPSA) is 95.6 Å². The van der Waals surface area contributed by atoms with Gasteiger partial charge in [-0.1, -0.05) is 62.4 Å². The highest BCUT2D eigenvalue weighted by molar-refractivity contribution is 7.80. The predicted molar refractivity (Wildman–Crippen MR) is 127 cm³/mol. The monoisotopic (exact) mass is 438 g/mol. The maximum atomic E-state index is 12.2. The van der Waals surface area contributed by atoms with Gasteiger partial charge in [0.2, 0.25) is 11.7 Å². The van der Waals surface area contributed by atoms with Gasteiger partial charge >= 0.3 is 0 Å². The van der Waals surface area contributed by atoms with Crippen molar-refractivity contribution in [1.82, 2.24) is 31.3 Å². The Morgan fingerprint density at radius 2 is 1.81 bits per heavy atom. The van der Waals surface area contributed by atoms with Gasteiger partial charge in [-0.3, -0.25) is 4.79 Å². The Labute approximate surface area is 188 Å². The second kappa shape index (κ2) is 11.6. The molecule has 0 saturated heterocycles. The number of hydrogen-bond acceptors (Lipinski definition) is 6. The molecule has 0 fully saturated rings. The van der Waals surface area contributed by atoms with Gasteiger partial charge in [-0.15, -0.1) is 10.2 Å². The zero-order valence-electron chi connectivity index (χ0n) is 18.0. The number of carbonyl (C=O) groups excluding carboxylic acids is 1. The molecule has 0 saturated carbocycles. The largest absolute Gasteiger partial charge is 0.355 e. The van der Waals surface area contributed by atoms with Crippen molar-refractivity contribution >= 4 is 18.5 Å². The minimum Gasteiger partial charge on any atom is -0.355 e. The fourth-order valence-electron chi connectivity index (χ4n) is 3.49. The zero-order chi connectivity index (χ0) is 22.1. The van der Waals surface area contributed by atoms with Gasteiger partial charge in [0.05, 0.1) is 0 Å². The number of thiol groups is 1. The molecule has 7 nitrogen and oxygen atoms in total. The van der Waals surface area contributed by atoms with E-state index in [-0.39, 0.29) is 11.8 Å². The molecule has 1 unspecified atom stereocenters. The molecule has 0 aliphatic rings. The molecule has 0 aliphatic carbocycles. The third-order valence-corrected chi connectivity index (χ3v) is 5.50. The second-order valence-electron chi connectivity index (χ2n) is 7.95. The second-order valence-corrected chi connectivity index (χ2v) is 8.32. The van der Waals surface area contributed by atoms with Crippen LogP contribution in [0.3, 0.4) is 0 Å². The maximum absolute atomic E-state index is 12.2. The molecule has 3 aromatic rings. The highest BCUT2D eigenvalue weighted by Crippen LogP contribution is 2.29. The van der Waals surface area contributed by atoms with Gasteiger partial charge in [0, 0.05) is 36.9 Å². The SMILES string of the molecule is CC(C)CC(CS)C(=O)NCCNCc1ccc(-c2ccccc2-c2nn[nH]n2)cc1. The van der Waals surface area contributed by atoms with Crippen LogP contribution in [0.15, 0.2) is 48.5 Å². The number of carbonyl (C=O) groups is 1. The number of nitrogens with one attached hydrogen (secondary N) is 3. The average molecular weight is 439 g/mol. The lowest BCUT2D eigenvalue weighted by Gasteiger charge is -2.16. The Kier molecular flexibility index (Phi) is 8.61. The molecule has 1 atom stereocenters. The lowest BCUT2D eigenvalue weighted by Crippen LogP contribution is -2.36. The number of amides is 1. The molecule has 0 spiro atoms. The fourth-order valence-corrected chi connectivity index (χ4v) is 3.81. The molecule has 31 heavy (non-hydrogen) atoms. The standard InChI is InChI=1S/C23H30N6OS/c1-16(2)13-19(15-31)23(30)25-12-11-24-14-17-7-9-18(10-8-17)20-5-3-4-6-21(20)22-26-28-29-27-22/h3-10,16,19,24,31H,11-15H2,1-2H3,(H,25,30)(H,26,27,28,29). The Morgan fingerprint density at radius 1 is 1.06 bits per heavy atom. The first-order valence-electron chi connectivity index (χ1n) is 10.6. The summed E-state index contributed by atoms with van der Waals surface area (Å²) in [5.74, 6) is 1.72.